The molecule has 1 saturated heterocycles. The van der Waals surface area contributed by atoms with E-state index < -0.39 is 5.82 Å². The van der Waals surface area contributed by atoms with Crippen LogP contribution in [0.4, 0.5) is 10.1 Å². The summed E-state index contributed by atoms with van der Waals surface area (Å²) in [5, 5.41) is 5.74. The van der Waals surface area contributed by atoms with E-state index in [2.05, 4.69) is 10.6 Å². The molecule has 2 N–H and O–H groups in total. The van der Waals surface area contributed by atoms with Gasteiger partial charge in [-0.05, 0) is 38.1 Å². The Labute approximate surface area is 158 Å². The molecule has 1 heterocycles. The van der Waals surface area contributed by atoms with Crippen molar-refractivity contribution in [3.05, 3.63) is 29.0 Å². The van der Waals surface area contributed by atoms with Crippen molar-refractivity contribution in [1.82, 2.24) is 10.2 Å². The molecule has 5 nitrogen and oxygen atoms in total. The molecule has 0 spiro atoms. The Bertz CT molecular complexity index is 608. The lowest BCUT2D eigenvalue weighted by atomic mass is 9.95. The van der Waals surface area contributed by atoms with Gasteiger partial charge in [0.2, 0.25) is 11.8 Å². The highest BCUT2D eigenvalue weighted by atomic mass is 35.5. The van der Waals surface area contributed by atoms with Crippen LogP contribution in [0.25, 0.3) is 0 Å². The van der Waals surface area contributed by atoms with E-state index in [1.54, 1.807) is 0 Å². The number of rotatable bonds is 5. The van der Waals surface area contributed by atoms with Gasteiger partial charge in [0.1, 0.15) is 5.82 Å². The topological polar surface area (TPSA) is 61.4 Å². The predicted octanol–water partition coefficient (Wildman–Crippen LogP) is 2.93. The summed E-state index contributed by atoms with van der Waals surface area (Å²) in [6.45, 7) is 3.70. The lowest BCUT2D eigenvalue weighted by Gasteiger charge is -2.33. The third-order valence-electron chi connectivity index (χ3n) is 4.30. The number of carbonyl (C=O) groups excluding carboxylic acids is 2. The van der Waals surface area contributed by atoms with E-state index in [9.17, 15) is 14.0 Å². The van der Waals surface area contributed by atoms with Gasteiger partial charge < -0.3 is 15.5 Å². The summed E-state index contributed by atoms with van der Waals surface area (Å²) in [4.78, 5) is 26.4. The minimum Gasteiger partial charge on any atom is -0.342 e. The summed E-state index contributed by atoms with van der Waals surface area (Å²) < 4.78 is 13.1. The Morgan fingerprint density at radius 3 is 2.56 bits per heavy atom. The lowest BCUT2D eigenvalue weighted by Crippen LogP contribution is -2.45. The number of nitrogens with zero attached hydrogens (tertiary/aromatic N) is 1. The van der Waals surface area contributed by atoms with E-state index >= 15 is 0 Å². The van der Waals surface area contributed by atoms with E-state index in [1.807, 2.05) is 18.9 Å². The number of carbonyl (C=O) groups is 2. The van der Waals surface area contributed by atoms with Gasteiger partial charge in [0, 0.05) is 37.2 Å². The zero-order valence-corrected chi connectivity index (χ0v) is 15.9. The van der Waals surface area contributed by atoms with Gasteiger partial charge in [0.15, 0.2) is 0 Å². The zero-order chi connectivity index (χ0) is 17.7. The molecule has 1 atom stereocenters. The molecule has 1 aromatic carbocycles. The summed E-state index contributed by atoms with van der Waals surface area (Å²) in [7, 11) is 1.82. The van der Waals surface area contributed by atoms with E-state index in [1.165, 1.54) is 18.2 Å². The summed E-state index contributed by atoms with van der Waals surface area (Å²) >= 11 is 5.72. The average molecular weight is 392 g/mol. The van der Waals surface area contributed by atoms with Crippen LogP contribution in [0.1, 0.15) is 19.8 Å². The lowest BCUT2D eigenvalue weighted by molar-refractivity contribution is -0.137. The van der Waals surface area contributed by atoms with Crippen molar-refractivity contribution < 1.29 is 14.0 Å². The molecule has 140 valence electrons. The summed E-state index contributed by atoms with van der Waals surface area (Å²) in [6, 6.07) is 4.10. The maximum Gasteiger partial charge on any atom is 0.227 e. The van der Waals surface area contributed by atoms with Crippen molar-refractivity contribution in [1.29, 1.82) is 0 Å². The molecule has 8 heteroatoms. The van der Waals surface area contributed by atoms with Crippen LogP contribution in [0.5, 0.6) is 0 Å². The number of amides is 2. The summed E-state index contributed by atoms with van der Waals surface area (Å²) in [5.41, 5.74) is 0.479. The summed E-state index contributed by atoms with van der Waals surface area (Å²) in [6.07, 6.45) is 1.25. The van der Waals surface area contributed by atoms with Gasteiger partial charge in [-0.2, -0.15) is 0 Å². The van der Waals surface area contributed by atoms with Gasteiger partial charge in [0.25, 0.3) is 0 Å². The number of hydrogen-bond acceptors (Lipinski definition) is 3. The van der Waals surface area contributed by atoms with Gasteiger partial charge in [-0.1, -0.05) is 18.5 Å². The van der Waals surface area contributed by atoms with Gasteiger partial charge in [-0.25, -0.2) is 4.39 Å². The molecule has 0 saturated carbocycles. The molecule has 1 aliphatic heterocycles. The highest BCUT2D eigenvalue weighted by Crippen LogP contribution is 2.23. The minimum absolute atomic E-state index is 0. The Balaban J connectivity index is 0.00000312. The van der Waals surface area contributed by atoms with Crippen molar-refractivity contribution in [2.45, 2.75) is 19.8 Å². The van der Waals surface area contributed by atoms with Crippen LogP contribution in [-0.4, -0.2) is 43.4 Å². The third-order valence-corrected chi connectivity index (χ3v) is 4.59. The predicted molar refractivity (Wildman–Crippen MR) is 99.7 cm³/mol. The Morgan fingerprint density at radius 2 is 2.00 bits per heavy atom. The van der Waals surface area contributed by atoms with Crippen molar-refractivity contribution >= 4 is 41.5 Å². The van der Waals surface area contributed by atoms with E-state index in [4.69, 9.17) is 11.6 Å². The molecule has 25 heavy (non-hydrogen) atoms. The van der Waals surface area contributed by atoms with Crippen molar-refractivity contribution in [3.8, 4) is 0 Å². The molecule has 0 bridgehead atoms. The number of nitrogens with one attached hydrogen (secondary N) is 2. The zero-order valence-electron chi connectivity index (χ0n) is 14.4. The Hall–Kier alpha value is -1.37. The molecule has 1 aliphatic rings. The fourth-order valence-corrected chi connectivity index (χ4v) is 3.07. The van der Waals surface area contributed by atoms with Crippen LogP contribution in [0.3, 0.4) is 0 Å². The molecule has 0 radical (unpaired) electrons. The molecular formula is C17H24Cl2FN3O2. The quantitative estimate of drug-likeness (QED) is 0.810. The molecule has 0 aliphatic carbocycles. The second-order valence-corrected chi connectivity index (χ2v) is 6.58. The molecule has 1 aromatic rings. The van der Waals surface area contributed by atoms with Crippen molar-refractivity contribution in [2.75, 3.05) is 32.0 Å². The highest BCUT2D eigenvalue weighted by Gasteiger charge is 2.29. The Kier molecular flexibility index (Phi) is 8.62. The normalized spacial score (nSPS) is 16.1. The van der Waals surface area contributed by atoms with Gasteiger partial charge in [0.05, 0.1) is 5.02 Å². The fraction of sp³-hybridized carbons (Fsp3) is 0.529. The van der Waals surface area contributed by atoms with E-state index in [0.29, 0.717) is 38.2 Å². The number of likely N-dealkylation sites (tertiary alicyclic amines) is 1. The van der Waals surface area contributed by atoms with Crippen LogP contribution >= 0.6 is 24.0 Å². The number of hydrogen-bond donors (Lipinski definition) is 2. The molecule has 1 fully saturated rings. The third kappa shape index (κ3) is 5.83. The summed E-state index contributed by atoms with van der Waals surface area (Å²) in [5.74, 6) is -0.738. The number of benzene rings is 1. The maximum absolute atomic E-state index is 13.1. The Morgan fingerprint density at radius 1 is 1.36 bits per heavy atom. The van der Waals surface area contributed by atoms with Crippen LogP contribution in [0, 0.1) is 17.7 Å². The SMILES string of the molecule is CNCC(C)C(=O)N1CCC(C(=O)Nc2ccc(F)c(Cl)c2)CC1.Cl. The van der Waals surface area contributed by atoms with Crippen molar-refractivity contribution in [2.24, 2.45) is 11.8 Å². The van der Waals surface area contributed by atoms with Gasteiger partial charge >= 0.3 is 0 Å². The first-order chi connectivity index (χ1) is 11.4. The highest BCUT2D eigenvalue weighted by molar-refractivity contribution is 6.31. The second-order valence-electron chi connectivity index (χ2n) is 6.18. The van der Waals surface area contributed by atoms with Crippen LogP contribution in [0.2, 0.25) is 5.02 Å². The van der Waals surface area contributed by atoms with Gasteiger partial charge in [-0.3, -0.25) is 9.59 Å². The number of piperidine rings is 1. The van der Waals surface area contributed by atoms with E-state index in [0.717, 1.165) is 0 Å². The fourth-order valence-electron chi connectivity index (χ4n) is 2.89. The molecule has 1 unspecified atom stereocenters. The van der Waals surface area contributed by atoms with Crippen molar-refractivity contribution in [3.63, 3.8) is 0 Å². The molecule has 0 aromatic heterocycles. The number of anilines is 1. The minimum atomic E-state index is -0.517. The average Bonchev–Trinajstić information content (AvgIpc) is 2.58. The van der Waals surface area contributed by atoms with Crippen LogP contribution in [0.15, 0.2) is 18.2 Å². The molecular weight excluding hydrogens is 368 g/mol. The molecule has 2 amide bonds. The number of halogens is 3. The van der Waals surface area contributed by atoms with E-state index in [-0.39, 0.29) is 41.1 Å². The first kappa shape index (κ1) is 21.7. The first-order valence-electron chi connectivity index (χ1n) is 8.11. The standard InChI is InChI=1S/C17H23ClFN3O2.ClH/c1-11(10-20-2)17(24)22-7-5-12(6-8-22)16(23)21-13-3-4-15(19)14(18)9-13;/h3-4,9,11-12,20H,5-8,10H2,1-2H3,(H,21,23);1H. The van der Waals surface area contributed by atoms with Crippen LogP contribution in [-0.2, 0) is 9.59 Å². The first-order valence-corrected chi connectivity index (χ1v) is 8.49. The largest absolute Gasteiger partial charge is 0.342 e. The maximum atomic E-state index is 13.1. The second kappa shape index (κ2) is 9.94. The van der Waals surface area contributed by atoms with Crippen LogP contribution < -0.4 is 10.6 Å². The molecule has 2 rings (SSSR count). The smallest absolute Gasteiger partial charge is 0.227 e. The van der Waals surface area contributed by atoms with Gasteiger partial charge in [-0.15, -0.1) is 12.4 Å². The monoisotopic (exact) mass is 391 g/mol.